The van der Waals surface area contributed by atoms with E-state index in [-0.39, 0.29) is 5.91 Å². The number of aryl methyl sites for hydroxylation is 1. The van der Waals surface area contributed by atoms with E-state index in [0.29, 0.717) is 12.5 Å². The van der Waals surface area contributed by atoms with Crippen LogP contribution in [0.3, 0.4) is 0 Å². The lowest BCUT2D eigenvalue weighted by Crippen LogP contribution is -2.33. The highest BCUT2D eigenvalue weighted by Gasteiger charge is 2.20. The fourth-order valence-electron chi connectivity index (χ4n) is 2.24. The number of benzene rings is 1. The Hall–Kier alpha value is -1.35. The van der Waals surface area contributed by atoms with Crippen molar-refractivity contribution in [2.45, 2.75) is 45.7 Å². The molecule has 0 saturated heterocycles. The first-order chi connectivity index (χ1) is 9.19. The predicted octanol–water partition coefficient (Wildman–Crippen LogP) is 2.49. The third-order valence-corrected chi connectivity index (χ3v) is 3.54. The molecule has 0 aliphatic heterocycles. The smallest absolute Gasteiger partial charge is 0.224 e. The Labute approximate surface area is 116 Å². The first-order valence-corrected chi connectivity index (χ1v) is 7.25. The van der Waals surface area contributed by atoms with Crippen LogP contribution >= 0.6 is 0 Å². The van der Waals surface area contributed by atoms with Gasteiger partial charge in [-0.1, -0.05) is 29.8 Å². The minimum atomic E-state index is 0.247. The normalized spacial score (nSPS) is 14.4. The first-order valence-electron chi connectivity index (χ1n) is 7.25. The van der Waals surface area contributed by atoms with Gasteiger partial charge in [0.2, 0.25) is 5.91 Å². The maximum absolute atomic E-state index is 12.2. The highest BCUT2D eigenvalue weighted by molar-refractivity contribution is 5.76. The van der Waals surface area contributed by atoms with E-state index in [2.05, 4.69) is 36.5 Å². The van der Waals surface area contributed by atoms with Crippen LogP contribution in [0.2, 0.25) is 0 Å². The lowest BCUT2D eigenvalue weighted by atomic mass is 10.1. The summed E-state index contributed by atoms with van der Waals surface area (Å²) in [6, 6.07) is 9.06. The molecule has 0 radical (unpaired) electrons. The molecule has 0 atom stereocenters. The van der Waals surface area contributed by atoms with Crippen LogP contribution in [0.25, 0.3) is 0 Å². The van der Waals surface area contributed by atoms with E-state index in [4.69, 9.17) is 0 Å². The molecule has 3 heteroatoms. The molecule has 0 bridgehead atoms. The molecule has 1 aromatic carbocycles. The van der Waals surface area contributed by atoms with Crippen molar-refractivity contribution >= 4 is 5.91 Å². The number of hydrogen-bond acceptors (Lipinski definition) is 2. The molecule has 2 rings (SSSR count). The SMILES string of the molecule is CCN(Cc1cccc(C)c1)C(=O)CCNC1CC1. The Bertz CT molecular complexity index is 427. The van der Waals surface area contributed by atoms with E-state index in [1.807, 2.05) is 11.8 Å². The molecule has 19 heavy (non-hydrogen) atoms. The molecule has 0 unspecified atom stereocenters. The fraction of sp³-hybridized carbons (Fsp3) is 0.562. The maximum Gasteiger partial charge on any atom is 0.224 e. The topological polar surface area (TPSA) is 32.3 Å². The van der Waals surface area contributed by atoms with Crippen molar-refractivity contribution in [3.63, 3.8) is 0 Å². The number of amides is 1. The maximum atomic E-state index is 12.2. The van der Waals surface area contributed by atoms with Crippen LogP contribution in [-0.2, 0) is 11.3 Å². The van der Waals surface area contributed by atoms with Crippen LogP contribution in [0.4, 0.5) is 0 Å². The summed E-state index contributed by atoms with van der Waals surface area (Å²) in [5.74, 6) is 0.247. The molecule has 1 fully saturated rings. The number of nitrogens with zero attached hydrogens (tertiary/aromatic N) is 1. The van der Waals surface area contributed by atoms with Gasteiger partial charge in [0.15, 0.2) is 0 Å². The Kier molecular flexibility index (Phi) is 4.97. The molecule has 0 spiro atoms. The lowest BCUT2D eigenvalue weighted by Gasteiger charge is -2.21. The van der Waals surface area contributed by atoms with Gasteiger partial charge in [-0.3, -0.25) is 4.79 Å². The summed E-state index contributed by atoms with van der Waals surface area (Å²) in [6.45, 7) is 6.44. The molecule has 3 nitrogen and oxygen atoms in total. The van der Waals surface area contributed by atoms with Gasteiger partial charge >= 0.3 is 0 Å². The van der Waals surface area contributed by atoms with Crippen molar-refractivity contribution in [1.82, 2.24) is 10.2 Å². The monoisotopic (exact) mass is 260 g/mol. The molecular weight excluding hydrogens is 236 g/mol. The van der Waals surface area contributed by atoms with Crippen molar-refractivity contribution in [2.75, 3.05) is 13.1 Å². The van der Waals surface area contributed by atoms with Crippen LogP contribution in [-0.4, -0.2) is 29.9 Å². The van der Waals surface area contributed by atoms with Gasteiger partial charge < -0.3 is 10.2 Å². The zero-order valence-electron chi connectivity index (χ0n) is 12.0. The van der Waals surface area contributed by atoms with Gasteiger partial charge in [0, 0.05) is 32.1 Å². The number of nitrogens with one attached hydrogen (secondary N) is 1. The zero-order chi connectivity index (χ0) is 13.7. The molecule has 1 saturated carbocycles. The molecular formula is C16H24N2O. The van der Waals surface area contributed by atoms with Crippen LogP contribution < -0.4 is 5.32 Å². The van der Waals surface area contributed by atoms with Gasteiger partial charge in [0.25, 0.3) is 0 Å². The van der Waals surface area contributed by atoms with Gasteiger partial charge in [0.1, 0.15) is 0 Å². The van der Waals surface area contributed by atoms with Crippen LogP contribution in [0.5, 0.6) is 0 Å². The Morgan fingerprint density at radius 2 is 2.21 bits per heavy atom. The first kappa shape index (κ1) is 14.1. The minimum absolute atomic E-state index is 0.247. The number of carbonyl (C=O) groups excluding carboxylic acids is 1. The van der Waals surface area contributed by atoms with E-state index in [9.17, 15) is 4.79 Å². The highest BCUT2D eigenvalue weighted by Crippen LogP contribution is 2.18. The van der Waals surface area contributed by atoms with Gasteiger partial charge in [-0.25, -0.2) is 0 Å². The summed E-state index contributed by atoms with van der Waals surface area (Å²) >= 11 is 0. The highest BCUT2D eigenvalue weighted by atomic mass is 16.2. The van der Waals surface area contributed by atoms with E-state index < -0.39 is 0 Å². The van der Waals surface area contributed by atoms with E-state index >= 15 is 0 Å². The Morgan fingerprint density at radius 1 is 1.42 bits per heavy atom. The zero-order valence-corrected chi connectivity index (χ0v) is 12.0. The summed E-state index contributed by atoms with van der Waals surface area (Å²) in [6.07, 6.45) is 3.15. The van der Waals surface area contributed by atoms with E-state index in [1.165, 1.54) is 24.0 Å². The second kappa shape index (κ2) is 6.71. The molecule has 1 aliphatic rings. The average molecular weight is 260 g/mol. The molecule has 1 aliphatic carbocycles. The predicted molar refractivity (Wildman–Crippen MR) is 77.9 cm³/mol. The fourth-order valence-corrected chi connectivity index (χ4v) is 2.24. The van der Waals surface area contributed by atoms with Gasteiger partial charge in [0.05, 0.1) is 0 Å². The standard InChI is InChI=1S/C16H24N2O/c1-3-18(12-14-6-4-5-13(2)11-14)16(19)9-10-17-15-7-8-15/h4-6,11,15,17H,3,7-10,12H2,1-2H3. The van der Waals surface area contributed by atoms with E-state index in [1.54, 1.807) is 0 Å². The second-order valence-electron chi connectivity index (χ2n) is 5.38. The van der Waals surface area contributed by atoms with Crippen molar-refractivity contribution in [3.8, 4) is 0 Å². The molecule has 1 N–H and O–H groups in total. The summed E-state index contributed by atoms with van der Waals surface area (Å²) in [5.41, 5.74) is 2.46. The van der Waals surface area contributed by atoms with Gasteiger partial charge in [-0.15, -0.1) is 0 Å². The number of carbonyl (C=O) groups is 1. The Balaban J connectivity index is 1.82. The van der Waals surface area contributed by atoms with E-state index in [0.717, 1.165) is 19.6 Å². The molecule has 1 amide bonds. The summed E-state index contributed by atoms with van der Waals surface area (Å²) in [7, 11) is 0. The van der Waals surface area contributed by atoms with Crippen molar-refractivity contribution in [3.05, 3.63) is 35.4 Å². The second-order valence-corrected chi connectivity index (χ2v) is 5.38. The average Bonchev–Trinajstić information content (AvgIpc) is 3.20. The summed E-state index contributed by atoms with van der Waals surface area (Å²) in [5, 5.41) is 3.39. The van der Waals surface area contributed by atoms with Crippen molar-refractivity contribution < 1.29 is 4.79 Å². The van der Waals surface area contributed by atoms with Gasteiger partial charge in [-0.05, 0) is 32.3 Å². The summed E-state index contributed by atoms with van der Waals surface area (Å²) < 4.78 is 0. The minimum Gasteiger partial charge on any atom is -0.339 e. The molecule has 1 aromatic rings. The third kappa shape index (κ3) is 4.67. The number of rotatable bonds is 7. The molecule has 0 aromatic heterocycles. The molecule has 0 heterocycles. The third-order valence-electron chi connectivity index (χ3n) is 3.54. The lowest BCUT2D eigenvalue weighted by molar-refractivity contribution is -0.131. The van der Waals surface area contributed by atoms with Crippen molar-refractivity contribution in [1.29, 1.82) is 0 Å². The van der Waals surface area contributed by atoms with Gasteiger partial charge in [-0.2, -0.15) is 0 Å². The largest absolute Gasteiger partial charge is 0.339 e. The quantitative estimate of drug-likeness (QED) is 0.817. The Morgan fingerprint density at radius 3 is 2.84 bits per heavy atom. The van der Waals surface area contributed by atoms with Crippen LogP contribution in [0, 0.1) is 6.92 Å². The van der Waals surface area contributed by atoms with Crippen LogP contribution in [0.1, 0.15) is 37.3 Å². The summed E-state index contributed by atoms with van der Waals surface area (Å²) in [4.78, 5) is 14.1. The van der Waals surface area contributed by atoms with Crippen LogP contribution in [0.15, 0.2) is 24.3 Å². The van der Waals surface area contributed by atoms with Crippen molar-refractivity contribution in [2.24, 2.45) is 0 Å². The molecule has 104 valence electrons. The number of hydrogen-bond donors (Lipinski definition) is 1.